The van der Waals surface area contributed by atoms with E-state index < -0.39 is 0 Å². The van der Waals surface area contributed by atoms with Crippen LogP contribution in [0.5, 0.6) is 5.75 Å². The van der Waals surface area contributed by atoms with Crippen LogP contribution in [0.4, 0.5) is 5.69 Å². The van der Waals surface area contributed by atoms with Crippen LogP contribution in [0.1, 0.15) is 39.0 Å². The minimum Gasteiger partial charge on any atom is -0.497 e. The van der Waals surface area contributed by atoms with Gasteiger partial charge in [0.2, 0.25) is 0 Å². The number of aliphatic hydroxyl groups excluding tert-OH is 1. The van der Waals surface area contributed by atoms with Crippen LogP contribution in [0.3, 0.4) is 0 Å². The van der Waals surface area contributed by atoms with E-state index >= 15 is 0 Å². The average Bonchev–Trinajstić information content (AvgIpc) is 2.68. The van der Waals surface area contributed by atoms with Crippen molar-refractivity contribution in [3.8, 4) is 5.75 Å². The summed E-state index contributed by atoms with van der Waals surface area (Å²) in [5.74, 6) is 0.932. The first-order chi connectivity index (χ1) is 11.7. The van der Waals surface area contributed by atoms with Gasteiger partial charge in [-0.15, -0.1) is 0 Å². The van der Waals surface area contributed by atoms with Crippen molar-refractivity contribution in [1.82, 2.24) is 4.90 Å². The fourth-order valence-corrected chi connectivity index (χ4v) is 4.38. The zero-order valence-corrected chi connectivity index (χ0v) is 15.2. The van der Waals surface area contributed by atoms with Crippen LogP contribution < -0.4 is 9.64 Å². The molecule has 0 radical (unpaired) electrons. The van der Waals surface area contributed by atoms with Gasteiger partial charge in [0.05, 0.1) is 7.11 Å². The molecule has 0 aromatic heterocycles. The van der Waals surface area contributed by atoms with Gasteiger partial charge in [0, 0.05) is 49.5 Å². The molecule has 134 valence electrons. The molecule has 2 aliphatic heterocycles. The summed E-state index contributed by atoms with van der Waals surface area (Å²) in [6, 6.07) is 9.06. The van der Waals surface area contributed by atoms with Crippen LogP contribution >= 0.6 is 0 Å². The molecule has 2 heterocycles. The molecule has 0 bridgehead atoms. The maximum atomic E-state index is 9.85. The van der Waals surface area contributed by atoms with Crippen molar-refractivity contribution in [2.24, 2.45) is 5.41 Å². The highest BCUT2D eigenvalue weighted by atomic mass is 16.5. The Bertz CT molecular complexity index is 522. The van der Waals surface area contributed by atoms with Gasteiger partial charge in [-0.25, -0.2) is 0 Å². The standard InChI is InChI=1S/C20H32N2O2/c1-3-20(16-23)10-5-11-22(15-20)17-8-12-21(13-9-17)18-6-4-7-19(14-18)24-2/h4,6-7,14,17,23H,3,5,8-13,15-16H2,1-2H3. The number of likely N-dealkylation sites (tertiary alicyclic amines) is 1. The number of methoxy groups -OCH3 is 1. The van der Waals surface area contributed by atoms with Crippen LogP contribution in [0.15, 0.2) is 24.3 Å². The fraction of sp³-hybridized carbons (Fsp3) is 0.700. The van der Waals surface area contributed by atoms with Gasteiger partial charge in [0.1, 0.15) is 5.75 Å². The zero-order valence-electron chi connectivity index (χ0n) is 15.2. The topological polar surface area (TPSA) is 35.9 Å². The highest BCUT2D eigenvalue weighted by Crippen LogP contribution is 2.35. The lowest BCUT2D eigenvalue weighted by atomic mass is 9.77. The number of hydrogen-bond donors (Lipinski definition) is 1. The fourth-order valence-electron chi connectivity index (χ4n) is 4.38. The van der Waals surface area contributed by atoms with E-state index in [-0.39, 0.29) is 5.41 Å². The van der Waals surface area contributed by atoms with Crippen LogP contribution in [-0.4, -0.2) is 55.9 Å². The Labute approximate surface area is 146 Å². The van der Waals surface area contributed by atoms with Gasteiger partial charge in [0.15, 0.2) is 0 Å². The maximum absolute atomic E-state index is 9.85. The highest BCUT2D eigenvalue weighted by Gasteiger charge is 2.36. The second-order valence-electron chi connectivity index (χ2n) is 7.51. The molecule has 0 amide bonds. The molecule has 4 nitrogen and oxygen atoms in total. The summed E-state index contributed by atoms with van der Waals surface area (Å²) in [5.41, 5.74) is 1.41. The SMILES string of the molecule is CCC1(CO)CCCN(C2CCN(c3cccc(OC)c3)CC2)C1. The molecule has 0 spiro atoms. The number of piperidine rings is 2. The lowest BCUT2D eigenvalue weighted by molar-refractivity contribution is 0.00474. The smallest absolute Gasteiger partial charge is 0.120 e. The average molecular weight is 332 g/mol. The number of rotatable bonds is 5. The van der Waals surface area contributed by atoms with Crippen molar-refractivity contribution in [2.75, 3.05) is 44.8 Å². The Morgan fingerprint density at radius 2 is 2.04 bits per heavy atom. The van der Waals surface area contributed by atoms with Crippen LogP contribution in [0, 0.1) is 5.41 Å². The minimum absolute atomic E-state index is 0.141. The Morgan fingerprint density at radius 1 is 1.25 bits per heavy atom. The molecule has 2 fully saturated rings. The van der Waals surface area contributed by atoms with Crippen molar-refractivity contribution >= 4 is 5.69 Å². The van der Waals surface area contributed by atoms with Crippen molar-refractivity contribution < 1.29 is 9.84 Å². The largest absolute Gasteiger partial charge is 0.497 e. The Balaban J connectivity index is 1.58. The first-order valence-electron chi connectivity index (χ1n) is 9.43. The summed E-state index contributed by atoms with van der Waals surface area (Å²) in [7, 11) is 1.73. The van der Waals surface area contributed by atoms with Crippen LogP contribution in [0.25, 0.3) is 0 Å². The number of ether oxygens (including phenoxy) is 1. The van der Waals surface area contributed by atoms with Gasteiger partial charge in [-0.05, 0) is 50.8 Å². The number of anilines is 1. The number of hydrogen-bond acceptors (Lipinski definition) is 4. The number of benzene rings is 1. The predicted octanol–water partition coefficient (Wildman–Crippen LogP) is 3.15. The van der Waals surface area contributed by atoms with E-state index in [9.17, 15) is 5.11 Å². The molecule has 1 aromatic carbocycles. The highest BCUT2D eigenvalue weighted by molar-refractivity contribution is 5.51. The van der Waals surface area contributed by atoms with E-state index in [0.717, 1.165) is 31.8 Å². The minimum atomic E-state index is 0.141. The van der Waals surface area contributed by atoms with Crippen LogP contribution in [0.2, 0.25) is 0 Å². The molecule has 3 rings (SSSR count). The molecule has 4 heteroatoms. The molecule has 2 aliphatic rings. The molecule has 24 heavy (non-hydrogen) atoms. The van der Waals surface area contributed by atoms with Gasteiger partial charge < -0.3 is 14.7 Å². The molecule has 1 aromatic rings. The van der Waals surface area contributed by atoms with Gasteiger partial charge in [-0.3, -0.25) is 4.90 Å². The Hall–Kier alpha value is -1.26. The summed E-state index contributed by atoms with van der Waals surface area (Å²) >= 11 is 0. The number of nitrogens with zero attached hydrogens (tertiary/aromatic N) is 2. The Morgan fingerprint density at radius 3 is 2.71 bits per heavy atom. The molecule has 2 saturated heterocycles. The number of aliphatic hydroxyl groups is 1. The lowest BCUT2D eigenvalue weighted by Crippen LogP contribution is -2.52. The van der Waals surface area contributed by atoms with E-state index in [4.69, 9.17) is 4.74 Å². The first-order valence-corrected chi connectivity index (χ1v) is 9.43. The molecule has 1 atom stereocenters. The summed E-state index contributed by atoms with van der Waals surface area (Å²) in [6.45, 7) is 7.04. The molecule has 0 aliphatic carbocycles. The van der Waals surface area contributed by atoms with Gasteiger partial charge in [0.25, 0.3) is 0 Å². The van der Waals surface area contributed by atoms with Crippen molar-refractivity contribution in [3.63, 3.8) is 0 Å². The van der Waals surface area contributed by atoms with E-state index in [1.807, 2.05) is 6.07 Å². The zero-order chi connectivity index (χ0) is 17.0. The summed E-state index contributed by atoms with van der Waals surface area (Å²) < 4.78 is 5.35. The molecule has 1 unspecified atom stereocenters. The van der Waals surface area contributed by atoms with Gasteiger partial charge in [-0.2, -0.15) is 0 Å². The second kappa shape index (κ2) is 7.75. The van der Waals surface area contributed by atoms with Crippen molar-refractivity contribution in [2.45, 2.75) is 45.1 Å². The van der Waals surface area contributed by atoms with E-state index in [0.29, 0.717) is 12.6 Å². The van der Waals surface area contributed by atoms with Crippen LogP contribution in [-0.2, 0) is 0 Å². The molecular weight excluding hydrogens is 300 g/mol. The van der Waals surface area contributed by atoms with E-state index in [2.05, 4.69) is 34.9 Å². The first kappa shape index (κ1) is 17.6. The molecule has 0 saturated carbocycles. The van der Waals surface area contributed by atoms with Crippen molar-refractivity contribution in [3.05, 3.63) is 24.3 Å². The Kier molecular flexibility index (Phi) is 5.67. The normalized spacial score (nSPS) is 26.5. The summed E-state index contributed by atoms with van der Waals surface area (Å²) in [6.07, 6.45) is 5.91. The lowest BCUT2D eigenvalue weighted by Gasteiger charge is -2.47. The third-order valence-electron chi connectivity index (χ3n) is 6.18. The maximum Gasteiger partial charge on any atom is 0.120 e. The second-order valence-corrected chi connectivity index (χ2v) is 7.51. The van der Waals surface area contributed by atoms with E-state index in [1.165, 1.54) is 37.9 Å². The van der Waals surface area contributed by atoms with Gasteiger partial charge in [-0.1, -0.05) is 13.0 Å². The van der Waals surface area contributed by atoms with Crippen molar-refractivity contribution in [1.29, 1.82) is 0 Å². The van der Waals surface area contributed by atoms with Gasteiger partial charge >= 0.3 is 0 Å². The quantitative estimate of drug-likeness (QED) is 0.898. The third-order valence-corrected chi connectivity index (χ3v) is 6.18. The monoisotopic (exact) mass is 332 g/mol. The predicted molar refractivity (Wildman–Crippen MR) is 98.8 cm³/mol. The molecular formula is C20H32N2O2. The molecule has 1 N–H and O–H groups in total. The summed E-state index contributed by atoms with van der Waals surface area (Å²) in [5, 5.41) is 9.85. The summed E-state index contributed by atoms with van der Waals surface area (Å²) in [4.78, 5) is 5.13. The van der Waals surface area contributed by atoms with E-state index in [1.54, 1.807) is 7.11 Å². The third kappa shape index (κ3) is 3.70.